The molecule has 1 aromatic heterocycles. The zero-order valence-corrected chi connectivity index (χ0v) is 29.4. The van der Waals surface area contributed by atoms with Gasteiger partial charge >= 0.3 is 6.09 Å². The first-order valence-corrected chi connectivity index (χ1v) is 16.9. The van der Waals surface area contributed by atoms with E-state index >= 15 is 0 Å². The molecule has 10 heteroatoms. The van der Waals surface area contributed by atoms with E-state index in [0.717, 1.165) is 31.6 Å². The Bertz CT molecular complexity index is 1680. The van der Waals surface area contributed by atoms with Crippen molar-refractivity contribution >= 4 is 12.0 Å². The van der Waals surface area contributed by atoms with Crippen LogP contribution in [0.15, 0.2) is 30.3 Å². The lowest BCUT2D eigenvalue weighted by Crippen LogP contribution is -2.74. The van der Waals surface area contributed by atoms with Crippen LogP contribution in [0.5, 0.6) is 11.5 Å². The summed E-state index contributed by atoms with van der Waals surface area (Å²) >= 11 is 0. The highest BCUT2D eigenvalue weighted by Crippen LogP contribution is 2.59. The van der Waals surface area contributed by atoms with Crippen LogP contribution in [0.1, 0.15) is 88.6 Å². The van der Waals surface area contributed by atoms with Gasteiger partial charge in [0.1, 0.15) is 35.0 Å². The highest BCUT2D eigenvalue weighted by molar-refractivity contribution is 5.98. The fraction of sp³-hybridized carbons (Fsp3) is 0.579. The molecular weight excluding hydrogens is 606 g/mol. The summed E-state index contributed by atoms with van der Waals surface area (Å²) in [6.45, 7) is 17.8. The molecule has 2 saturated carbocycles. The average molecular weight is 654 g/mol. The molecule has 3 fully saturated rings. The third-order valence-corrected chi connectivity index (χ3v) is 10.4. The van der Waals surface area contributed by atoms with Gasteiger partial charge in [-0.15, -0.1) is 0 Å². The predicted molar refractivity (Wildman–Crippen MR) is 180 cm³/mol. The molecule has 2 aliphatic carbocycles. The summed E-state index contributed by atoms with van der Waals surface area (Å²) in [7, 11) is 1.54. The van der Waals surface area contributed by atoms with Gasteiger partial charge in [0.15, 0.2) is 0 Å². The van der Waals surface area contributed by atoms with Gasteiger partial charge in [-0.3, -0.25) is 9.69 Å². The summed E-state index contributed by atoms with van der Waals surface area (Å²) in [5, 5.41) is 9.35. The molecule has 1 aromatic carbocycles. The van der Waals surface area contributed by atoms with E-state index in [0.29, 0.717) is 59.9 Å². The lowest BCUT2D eigenvalue weighted by atomic mass is 9.49. The van der Waals surface area contributed by atoms with E-state index in [-0.39, 0.29) is 35.0 Å². The largest absolute Gasteiger partial charge is 0.495 e. The van der Waals surface area contributed by atoms with Gasteiger partial charge in [-0.05, 0) is 63.8 Å². The average Bonchev–Trinajstić information content (AvgIpc) is 3.31. The van der Waals surface area contributed by atoms with Crippen LogP contribution in [0.3, 0.4) is 0 Å². The molecule has 0 atom stereocenters. The Labute approximate surface area is 284 Å². The number of benzene rings is 1. The van der Waals surface area contributed by atoms with Crippen LogP contribution in [0.2, 0.25) is 0 Å². The zero-order valence-electron chi connectivity index (χ0n) is 29.4. The monoisotopic (exact) mass is 653 g/mol. The van der Waals surface area contributed by atoms with Crippen LogP contribution < -0.4 is 9.47 Å². The van der Waals surface area contributed by atoms with Crippen LogP contribution in [-0.2, 0) is 11.3 Å². The van der Waals surface area contributed by atoms with Crippen molar-refractivity contribution in [2.45, 2.75) is 91.6 Å². The Kier molecular flexibility index (Phi) is 8.62. The SMILES string of the molecule is COc1cc(OC2C(C)(C)C(N3Cc4nc(C#CC5CC(N6CCN(C(=O)OC(C)(C)C)CC6)C5)ccc4C3=O)C2(C)C)ccc1C#N. The molecule has 1 saturated heterocycles. The van der Waals surface area contributed by atoms with E-state index in [1.165, 1.54) is 7.11 Å². The Morgan fingerprint density at radius 3 is 2.33 bits per heavy atom. The van der Waals surface area contributed by atoms with E-state index in [4.69, 9.17) is 19.2 Å². The van der Waals surface area contributed by atoms with Crippen molar-refractivity contribution < 1.29 is 23.8 Å². The first-order chi connectivity index (χ1) is 22.6. The standard InChI is InChI=1S/C38H47N5O5/c1-36(2,3)48-35(45)42-17-15-41(16-18-42)27-19-24(20-27)9-11-26-12-14-29-30(40-26)23-43(32(29)44)33-37(4,5)34(38(33,6)7)47-28-13-10-25(22-39)31(21-28)46-8/h10,12-14,21,24,27,33-34H,15-20,23H2,1-8H3. The number of nitriles is 1. The number of nitrogens with zero attached hydrogens (tertiary/aromatic N) is 5. The summed E-state index contributed by atoms with van der Waals surface area (Å²) in [4.78, 5) is 37.1. The highest BCUT2D eigenvalue weighted by Gasteiger charge is 2.67. The Morgan fingerprint density at radius 1 is 1.02 bits per heavy atom. The van der Waals surface area contributed by atoms with E-state index < -0.39 is 5.60 Å². The summed E-state index contributed by atoms with van der Waals surface area (Å²) in [5.41, 5.74) is 1.40. The van der Waals surface area contributed by atoms with Crippen molar-refractivity contribution in [2.24, 2.45) is 16.7 Å². The Balaban J connectivity index is 1.04. The predicted octanol–water partition coefficient (Wildman–Crippen LogP) is 5.48. The van der Waals surface area contributed by atoms with Crippen molar-refractivity contribution in [1.82, 2.24) is 19.7 Å². The van der Waals surface area contributed by atoms with E-state index in [9.17, 15) is 14.9 Å². The molecule has 0 spiro atoms. The van der Waals surface area contributed by atoms with E-state index in [1.54, 1.807) is 23.1 Å². The van der Waals surface area contributed by atoms with Gasteiger partial charge in [-0.1, -0.05) is 33.6 Å². The van der Waals surface area contributed by atoms with Gasteiger partial charge < -0.3 is 24.0 Å². The number of rotatable bonds is 5. The molecule has 10 nitrogen and oxygen atoms in total. The van der Waals surface area contributed by atoms with Gasteiger partial charge in [0.25, 0.3) is 5.91 Å². The van der Waals surface area contributed by atoms with Gasteiger partial charge in [-0.25, -0.2) is 9.78 Å². The fourth-order valence-corrected chi connectivity index (χ4v) is 8.45. The topological polar surface area (TPSA) is 108 Å². The third-order valence-electron chi connectivity index (χ3n) is 10.4. The molecule has 6 rings (SSSR count). The number of carbonyl (C=O) groups excluding carboxylic acids is 2. The van der Waals surface area contributed by atoms with Crippen molar-refractivity contribution in [3.63, 3.8) is 0 Å². The first kappa shape index (κ1) is 33.6. The number of fused-ring (bicyclic) bond motifs is 1. The van der Waals surface area contributed by atoms with Crippen LogP contribution >= 0.6 is 0 Å². The second-order valence-corrected chi connectivity index (χ2v) is 15.7. The van der Waals surface area contributed by atoms with Crippen molar-refractivity contribution in [3.05, 3.63) is 52.8 Å². The normalized spacial score (nSPS) is 25.9. The maximum atomic E-state index is 13.7. The smallest absolute Gasteiger partial charge is 0.410 e. The number of carbonyl (C=O) groups is 2. The van der Waals surface area contributed by atoms with Crippen LogP contribution in [0.4, 0.5) is 4.79 Å². The maximum Gasteiger partial charge on any atom is 0.410 e. The number of pyridine rings is 1. The van der Waals surface area contributed by atoms with E-state index in [1.807, 2.05) is 37.8 Å². The van der Waals surface area contributed by atoms with Gasteiger partial charge in [0, 0.05) is 61.1 Å². The summed E-state index contributed by atoms with van der Waals surface area (Å²) in [6.07, 6.45) is 1.63. The molecule has 0 radical (unpaired) electrons. The molecule has 254 valence electrons. The highest BCUT2D eigenvalue weighted by atomic mass is 16.6. The molecule has 2 amide bonds. The third kappa shape index (κ3) is 6.19. The molecule has 2 aromatic rings. The number of methoxy groups -OCH3 is 1. The molecule has 2 aliphatic heterocycles. The molecular formula is C38H47N5O5. The van der Waals surface area contributed by atoms with Gasteiger partial charge in [-0.2, -0.15) is 5.26 Å². The lowest BCUT2D eigenvalue weighted by Gasteiger charge is -2.65. The van der Waals surface area contributed by atoms with Crippen LogP contribution in [0, 0.1) is 39.9 Å². The summed E-state index contributed by atoms with van der Waals surface area (Å²) in [6, 6.07) is 11.5. The van der Waals surface area contributed by atoms with Crippen molar-refractivity contribution in [3.8, 4) is 29.4 Å². The number of ether oxygens (including phenoxy) is 3. The number of piperazine rings is 1. The number of amides is 2. The number of hydrogen-bond acceptors (Lipinski definition) is 8. The second kappa shape index (κ2) is 12.3. The fourth-order valence-electron chi connectivity index (χ4n) is 8.45. The van der Waals surface area contributed by atoms with Crippen molar-refractivity contribution in [1.29, 1.82) is 5.26 Å². The summed E-state index contributed by atoms with van der Waals surface area (Å²) in [5.74, 6) is 8.13. The molecule has 0 N–H and O–H groups in total. The molecule has 0 unspecified atom stereocenters. The van der Waals surface area contributed by atoms with Crippen molar-refractivity contribution in [2.75, 3.05) is 33.3 Å². The molecule has 3 heterocycles. The number of hydrogen-bond donors (Lipinski definition) is 0. The van der Waals surface area contributed by atoms with Gasteiger partial charge in [0.05, 0.1) is 30.5 Å². The van der Waals surface area contributed by atoms with Gasteiger partial charge in [0.2, 0.25) is 0 Å². The minimum Gasteiger partial charge on any atom is -0.495 e. The Morgan fingerprint density at radius 2 is 1.71 bits per heavy atom. The molecule has 0 bridgehead atoms. The van der Waals surface area contributed by atoms with Crippen LogP contribution in [-0.4, -0.2) is 88.8 Å². The maximum absolute atomic E-state index is 13.7. The zero-order chi connectivity index (χ0) is 34.6. The minimum absolute atomic E-state index is 0.00440. The molecule has 48 heavy (non-hydrogen) atoms. The second-order valence-electron chi connectivity index (χ2n) is 15.7. The summed E-state index contributed by atoms with van der Waals surface area (Å²) < 4.78 is 17.4. The minimum atomic E-state index is -0.481. The van der Waals surface area contributed by atoms with E-state index in [2.05, 4.69) is 50.5 Å². The quantitative estimate of drug-likeness (QED) is 0.391. The molecule has 4 aliphatic rings. The lowest BCUT2D eigenvalue weighted by molar-refractivity contribution is -0.199. The Hall–Kier alpha value is -4.28. The number of aromatic nitrogens is 1. The van der Waals surface area contributed by atoms with Crippen LogP contribution in [0.25, 0.3) is 0 Å². The first-order valence-electron chi connectivity index (χ1n) is 16.9.